The number of nitrogens with one attached hydrogen (secondary N) is 1. The molecule has 0 aliphatic carbocycles. The predicted molar refractivity (Wildman–Crippen MR) is 114 cm³/mol. The Bertz CT molecular complexity index is 807. The van der Waals surface area contributed by atoms with E-state index in [0.717, 1.165) is 11.3 Å². The number of carbonyl (C=O) groups is 1. The van der Waals surface area contributed by atoms with Gasteiger partial charge in [-0.3, -0.25) is 4.79 Å². The van der Waals surface area contributed by atoms with Crippen molar-refractivity contribution in [2.45, 2.75) is 19.6 Å². The van der Waals surface area contributed by atoms with E-state index in [-0.39, 0.29) is 5.91 Å². The van der Waals surface area contributed by atoms with Crippen molar-refractivity contribution in [2.75, 3.05) is 27.1 Å². The van der Waals surface area contributed by atoms with Gasteiger partial charge in [-0.05, 0) is 31.5 Å². The highest BCUT2D eigenvalue weighted by atomic mass is 32.2. The molecule has 0 bridgehead atoms. The van der Waals surface area contributed by atoms with Gasteiger partial charge in [0.2, 0.25) is 11.7 Å². The number of rotatable bonds is 9. The highest BCUT2D eigenvalue weighted by molar-refractivity contribution is 7.99. The number of hydrogen-bond donors (Lipinski definition) is 1. The molecular formula is C21H26N2O4S. The Morgan fingerprint density at radius 1 is 1.00 bits per heavy atom. The molecule has 0 aliphatic heterocycles. The first-order valence-corrected chi connectivity index (χ1v) is 9.89. The third kappa shape index (κ3) is 6.20. The van der Waals surface area contributed by atoms with Crippen molar-refractivity contribution >= 4 is 23.9 Å². The molecule has 0 aliphatic rings. The molecule has 0 saturated carbocycles. The molecule has 0 radical (unpaired) electrons. The number of ether oxygens (including phenoxy) is 3. The smallest absolute Gasteiger partial charge is 0.250 e. The van der Waals surface area contributed by atoms with E-state index in [1.54, 1.807) is 45.2 Å². The van der Waals surface area contributed by atoms with Crippen molar-refractivity contribution in [3.8, 4) is 17.2 Å². The van der Waals surface area contributed by atoms with Gasteiger partial charge in [0.25, 0.3) is 0 Å². The van der Waals surface area contributed by atoms with Crippen LogP contribution >= 0.6 is 11.8 Å². The molecule has 150 valence electrons. The lowest BCUT2D eigenvalue weighted by atomic mass is 10.1. The van der Waals surface area contributed by atoms with Crippen LogP contribution in [0.25, 0.3) is 0 Å². The summed E-state index contributed by atoms with van der Waals surface area (Å²) in [6, 6.07) is 9.93. The molecule has 0 heterocycles. The zero-order valence-corrected chi connectivity index (χ0v) is 17.7. The lowest BCUT2D eigenvalue weighted by molar-refractivity contribution is -0.118. The molecule has 1 N–H and O–H groups in total. The molecule has 7 heteroatoms. The third-order valence-electron chi connectivity index (χ3n) is 3.87. The fourth-order valence-corrected chi connectivity index (χ4v) is 3.56. The first-order chi connectivity index (χ1) is 13.5. The van der Waals surface area contributed by atoms with Crippen LogP contribution in [0.4, 0.5) is 0 Å². The maximum Gasteiger partial charge on any atom is 0.250 e. The number of carbonyl (C=O) groups excluding carboxylic acids is 1. The SMILES string of the molecule is COc1cc(C=NNC(=O)CSCc2cc(C)cc(C)c2)cc(OC)c1OC. The van der Waals surface area contributed by atoms with Gasteiger partial charge in [0.15, 0.2) is 11.5 Å². The summed E-state index contributed by atoms with van der Waals surface area (Å²) in [4.78, 5) is 12.0. The van der Waals surface area contributed by atoms with E-state index in [0.29, 0.717) is 23.0 Å². The van der Waals surface area contributed by atoms with Gasteiger partial charge >= 0.3 is 0 Å². The molecule has 2 aromatic rings. The standard InChI is InChI=1S/C21H26N2O4S/c1-14-6-15(2)8-17(7-14)12-28-13-20(24)23-22-11-16-9-18(25-3)21(27-5)19(10-16)26-4/h6-11H,12-13H2,1-5H3,(H,23,24). The summed E-state index contributed by atoms with van der Waals surface area (Å²) in [5.74, 6) is 2.52. The van der Waals surface area contributed by atoms with Crippen LogP contribution < -0.4 is 19.6 Å². The molecule has 0 aromatic heterocycles. The van der Waals surface area contributed by atoms with Gasteiger partial charge in [-0.25, -0.2) is 5.43 Å². The molecule has 0 saturated heterocycles. The van der Waals surface area contributed by atoms with Crippen molar-refractivity contribution in [2.24, 2.45) is 5.10 Å². The van der Waals surface area contributed by atoms with Gasteiger partial charge in [0, 0.05) is 11.3 Å². The average molecular weight is 403 g/mol. The van der Waals surface area contributed by atoms with E-state index in [9.17, 15) is 4.79 Å². The van der Waals surface area contributed by atoms with Crippen LogP contribution in [0.15, 0.2) is 35.4 Å². The molecule has 0 spiro atoms. The second kappa shape index (κ2) is 10.6. The molecular weight excluding hydrogens is 376 g/mol. The summed E-state index contributed by atoms with van der Waals surface area (Å²) in [5.41, 5.74) is 6.94. The molecule has 28 heavy (non-hydrogen) atoms. The Labute approximate surface area is 170 Å². The Morgan fingerprint density at radius 2 is 1.61 bits per heavy atom. The van der Waals surface area contributed by atoms with Gasteiger partial charge in [0.05, 0.1) is 33.3 Å². The number of hydrogen-bond acceptors (Lipinski definition) is 6. The van der Waals surface area contributed by atoms with E-state index in [1.807, 2.05) is 0 Å². The summed E-state index contributed by atoms with van der Waals surface area (Å²) in [6.07, 6.45) is 1.54. The zero-order valence-electron chi connectivity index (χ0n) is 16.9. The van der Waals surface area contributed by atoms with Gasteiger partial charge in [-0.1, -0.05) is 29.3 Å². The summed E-state index contributed by atoms with van der Waals surface area (Å²) in [7, 11) is 4.64. The van der Waals surface area contributed by atoms with Crippen molar-refractivity contribution in [3.63, 3.8) is 0 Å². The predicted octanol–water partition coefficient (Wildman–Crippen LogP) is 3.71. The normalized spacial score (nSPS) is 10.8. The van der Waals surface area contributed by atoms with Crippen LogP contribution in [-0.2, 0) is 10.5 Å². The highest BCUT2D eigenvalue weighted by Crippen LogP contribution is 2.37. The van der Waals surface area contributed by atoms with Crippen LogP contribution in [0.3, 0.4) is 0 Å². The minimum Gasteiger partial charge on any atom is -0.493 e. The number of benzene rings is 2. The van der Waals surface area contributed by atoms with Crippen LogP contribution in [0, 0.1) is 13.8 Å². The summed E-state index contributed by atoms with van der Waals surface area (Å²) in [5, 5.41) is 4.01. The first kappa shape index (κ1) is 21.6. The molecule has 0 atom stereocenters. The summed E-state index contributed by atoms with van der Waals surface area (Å²) < 4.78 is 15.9. The number of aryl methyl sites for hydroxylation is 2. The van der Waals surface area contributed by atoms with Crippen LogP contribution in [0.2, 0.25) is 0 Å². The quantitative estimate of drug-likeness (QED) is 0.511. The Balaban J connectivity index is 1.89. The summed E-state index contributed by atoms with van der Waals surface area (Å²) in [6.45, 7) is 4.15. The monoisotopic (exact) mass is 402 g/mol. The lowest BCUT2D eigenvalue weighted by Gasteiger charge is -2.12. The van der Waals surface area contributed by atoms with Gasteiger partial charge in [-0.15, -0.1) is 11.8 Å². The van der Waals surface area contributed by atoms with Crippen molar-refractivity contribution in [3.05, 3.63) is 52.6 Å². The van der Waals surface area contributed by atoms with E-state index in [2.05, 4.69) is 42.6 Å². The van der Waals surface area contributed by atoms with Crippen LogP contribution in [0.5, 0.6) is 17.2 Å². The molecule has 1 amide bonds. The lowest BCUT2D eigenvalue weighted by Crippen LogP contribution is -2.19. The Kier molecular flexibility index (Phi) is 8.19. The molecule has 0 fully saturated rings. The van der Waals surface area contributed by atoms with E-state index in [1.165, 1.54) is 22.9 Å². The van der Waals surface area contributed by atoms with Crippen molar-refractivity contribution in [1.82, 2.24) is 5.43 Å². The van der Waals surface area contributed by atoms with E-state index >= 15 is 0 Å². The van der Waals surface area contributed by atoms with E-state index < -0.39 is 0 Å². The number of hydrazone groups is 1. The maximum absolute atomic E-state index is 12.0. The maximum atomic E-state index is 12.0. The largest absolute Gasteiger partial charge is 0.493 e. The van der Waals surface area contributed by atoms with Crippen molar-refractivity contribution in [1.29, 1.82) is 0 Å². The average Bonchev–Trinajstić information content (AvgIpc) is 2.66. The first-order valence-electron chi connectivity index (χ1n) is 8.73. The Morgan fingerprint density at radius 3 is 2.14 bits per heavy atom. The van der Waals surface area contributed by atoms with Crippen molar-refractivity contribution < 1.29 is 19.0 Å². The highest BCUT2D eigenvalue weighted by Gasteiger charge is 2.12. The van der Waals surface area contributed by atoms with Crippen LogP contribution in [0.1, 0.15) is 22.3 Å². The molecule has 0 unspecified atom stereocenters. The fourth-order valence-electron chi connectivity index (χ4n) is 2.80. The molecule has 6 nitrogen and oxygen atoms in total. The topological polar surface area (TPSA) is 69.2 Å². The van der Waals surface area contributed by atoms with E-state index in [4.69, 9.17) is 14.2 Å². The minimum absolute atomic E-state index is 0.155. The minimum atomic E-state index is -0.155. The second-order valence-electron chi connectivity index (χ2n) is 6.24. The number of methoxy groups -OCH3 is 3. The summed E-state index contributed by atoms with van der Waals surface area (Å²) >= 11 is 1.55. The fraction of sp³-hybridized carbons (Fsp3) is 0.333. The molecule has 2 rings (SSSR count). The molecule has 2 aromatic carbocycles. The van der Waals surface area contributed by atoms with Gasteiger partial charge < -0.3 is 14.2 Å². The second-order valence-corrected chi connectivity index (χ2v) is 7.23. The third-order valence-corrected chi connectivity index (χ3v) is 4.88. The Hall–Kier alpha value is -2.67. The number of nitrogens with zero attached hydrogens (tertiary/aromatic N) is 1. The number of amides is 1. The van der Waals surface area contributed by atoms with Gasteiger partial charge in [0.1, 0.15) is 0 Å². The number of thioether (sulfide) groups is 1. The zero-order chi connectivity index (χ0) is 20.5. The van der Waals surface area contributed by atoms with Crippen LogP contribution in [-0.4, -0.2) is 39.2 Å². The van der Waals surface area contributed by atoms with Gasteiger partial charge in [-0.2, -0.15) is 5.10 Å².